The molecule has 32 heavy (non-hydrogen) atoms. The first-order valence-corrected chi connectivity index (χ1v) is 10.2. The van der Waals surface area contributed by atoms with Gasteiger partial charge in [0.25, 0.3) is 17.7 Å². The van der Waals surface area contributed by atoms with E-state index in [1.807, 2.05) is 6.07 Å². The fraction of sp³-hybridized carbons (Fsp3) is 0.261. The van der Waals surface area contributed by atoms with Gasteiger partial charge in [0, 0.05) is 18.7 Å². The summed E-state index contributed by atoms with van der Waals surface area (Å²) in [6.07, 6.45) is 1.44. The molecule has 4 rings (SSSR count). The SMILES string of the molecule is COc1cccc(/C=C2/C(=O)NN(c3ccccc3)C2=O)c1OCC(=O)N1CCOCC1. The molecule has 9 nitrogen and oxygen atoms in total. The highest BCUT2D eigenvalue weighted by molar-refractivity contribution is 6.31. The van der Waals surface area contributed by atoms with Gasteiger partial charge in [-0.15, -0.1) is 0 Å². The van der Waals surface area contributed by atoms with E-state index in [1.54, 1.807) is 47.4 Å². The van der Waals surface area contributed by atoms with Crippen LogP contribution >= 0.6 is 0 Å². The van der Waals surface area contributed by atoms with E-state index < -0.39 is 11.8 Å². The van der Waals surface area contributed by atoms with Crippen LogP contribution in [0.1, 0.15) is 5.56 Å². The summed E-state index contributed by atoms with van der Waals surface area (Å²) in [5.74, 6) is -0.526. The summed E-state index contributed by atoms with van der Waals surface area (Å²) >= 11 is 0. The molecule has 0 aliphatic carbocycles. The Balaban J connectivity index is 1.58. The highest BCUT2D eigenvalue weighted by Gasteiger charge is 2.34. The first kappa shape index (κ1) is 21.4. The molecule has 9 heteroatoms. The molecule has 0 aromatic heterocycles. The summed E-state index contributed by atoms with van der Waals surface area (Å²) in [7, 11) is 1.48. The number of hydrogen-bond donors (Lipinski definition) is 1. The van der Waals surface area contributed by atoms with Crippen LogP contribution in [0.2, 0.25) is 0 Å². The zero-order chi connectivity index (χ0) is 22.5. The largest absolute Gasteiger partial charge is 0.493 e. The maximum Gasteiger partial charge on any atom is 0.282 e. The van der Waals surface area contributed by atoms with Gasteiger partial charge in [-0.3, -0.25) is 19.8 Å². The van der Waals surface area contributed by atoms with E-state index in [-0.39, 0.29) is 23.8 Å². The van der Waals surface area contributed by atoms with Crippen molar-refractivity contribution in [3.05, 3.63) is 59.7 Å². The normalized spacial score (nSPS) is 17.5. The molecule has 0 saturated carbocycles. The molecule has 2 saturated heterocycles. The number of anilines is 1. The molecule has 2 aliphatic heterocycles. The van der Waals surface area contributed by atoms with Crippen molar-refractivity contribution in [1.82, 2.24) is 10.3 Å². The number of para-hydroxylation sites is 2. The van der Waals surface area contributed by atoms with Crippen molar-refractivity contribution >= 4 is 29.5 Å². The smallest absolute Gasteiger partial charge is 0.282 e. The van der Waals surface area contributed by atoms with Crippen LogP contribution in [0.25, 0.3) is 6.08 Å². The van der Waals surface area contributed by atoms with E-state index in [0.717, 1.165) is 0 Å². The monoisotopic (exact) mass is 437 g/mol. The molecule has 3 amide bonds. The van der Waals surface area contributed by atoms with Gasteiger partial charge < -0.3 is 19.1 Å². The molecule has 2 aromatic carbocycles. The van der Waals surface area contributed by atoms with Crippen LogP contribution in [0, 0.1) is 0 Å². The minimum atomic E-state index is -0.531. The topological polar surface area (TPSA) is 97.4 Å². The lowest BCUT2D eigenvalue weighted by molar-refractivity contribution is -0.137. The number of amides is 3. The van der Waals surface area contributed by atoms with Crippen LogP contribution in [0.3, 0.4) is 0 Å². The van der Waals surface area contributed by atoms with E-state index in [2.05, 4.69) is 5.43 Å². The third-order valence-electron chi connectivity index (χ3n) is 5.14. The van der Waals surface area contributed by atoms with Crippen LogP contribution in [0.5, 0.6) is 11.5 Å². The first-order chi connectivity index (χ1) is 15.6. The van der Waals surface area contributed by atoms with Gasteiger partial charge in [-0.1, -0.05) is 30.3 Å². The minimum absolute atomic E-state index is 0.0496. The predicted molar refractivity (Wildman–Crippen MR) is 116 cm³/mol. The lowest BCUT2D eigenvalue weighted by atomic mass is 10.1. The quantitative estimate of drug-likeness (QED) is 0.542. The van der Waals surface area contributed by atoms with Gasteiger partial charge in [0.15, 0.2) is 18.1 Å². The predicted octanol–water partition coefficient (Wildman–Crippen LogP) is 1.39. The molecule has 0 spiro atoms. The van der Waals surface area contributed by atoms with Gasteiger partial charge in [-0.05, 0) is 24.3 Å². The van der Waals surface area contributed by atoms with Crippen molar-refractivity contribution in [1.29, 1.82) is 0 Å². The Bertz CT molecular complexity index is 1050. The standard InChI is InChI=1S/C23H23N3O6/c1-30-19-9-5-6-16(21(19)32-15-20(27)25-10-12-31-13-11-25)14-18-22(28)24-26(23(18)29)17-7-3-2-4-8-17/h2-9,14H,10-13,15H2,1H3,(H,24,28)/b18-14-. The Morgan fingerprint density at radius 3 is 2.56 bits per heavy atom. The zero-order valence-corrected chi connectivity index (χ0v) is 17.6. The Labute approximate surface area is 185 Å². The number of hydrazine groups is 1. The molecular weight excluding hydrogens is 414 g/mol. The van der Waals surface area contributed by atoms with Crippen LogP contribution in [0.15, 0.2) is 54.1 Å². The van der Waals surface area contributed by atoms with E-state index >= 15 is 0 Å². The molecule has 2 aromatic rings. The summed E-state index contributed by atoms with van der Waals surface area (Å²) in [5, 5.41) is 1.19. The summed E-state index contributed by atoms with van der Waals surface area (Å²) in [4.78, 5) is 39.6. The summed E-state index contributed by atoms with van der Waals surface area (Å²) in [6.45, 7) is 1.80. The second kappa shape index (κ2) is 9.52. The molecule has 0 atom stereocenters. The average molecular weight is 437 g/mol. The van der Waals surface area contributed by atoms with Gasteiger partial charge in [0.05, 0.1) is 26.0 Å². The van der Waals surface area contributed by atoms with Crippen molar-refractivity contribution in [2.75, 3.05) is 45.0 Å². The number of hydrogen-bond acceptors (Lipinski definition) is 6. The van der Waals surface area contributed by atoms with Gasteiger partial charge in [0.2, 0.25) is 0 Å². The molecular formula is C23H23N3O6. The molecule has 166 valence electrons. The van der Waals surface area contributed by atoms with Crippen molar-refractivity contribution < 1.29 is 28.6 Å². The van der Waals surface area contributed by atoms with E-state index in [4.69, 9.17) is 14.2 Å². The number of methoxy groups -OCH3 is 1. The number of nitrogens with one attached hydrogen (secondary N) is 1. The molecule has 2 fully saturated rings. The molecule has 0 radical (unpaired) electrons. The van der Waals surface area contributed by atoms with Crippen LogP contribution in [0.4, 0.5) is 5.69 Å². The van der Waals surface area contributed by atoms with Crippen molar-refractivity contribution in [2.24, 2.45) is 0 Å². The number of ether oxygens (including phenoxy) is 3. The Hall–Kier alpha value is -3.85. The van der Waals surface area contributed by atoms with E-state index in [9.17, 15) is 14.4 Å². The van der Waals surface area contributed by atoms with Crippen molar-refractivity contribution in [3.63, 3.8) is 0 Å². The van der Waals surface area contributed by atoms with Gasteiger partial charge in [-0.25, -0.2) is 5.01 Å². The number of benzene rings is 2. The third-order valence-corrected chi connectivity index (χ3v) is 5.14. The molecule has 0 bridgehead atoms. The lowest BCUT2D eigenvalue weighted by Crippen LogP contribution is -2.43. The van der Waals surface area contributed by atoms with Gasteiger partial charge >= 0.3 is 0 Å². The van der Waals surface area contributed by atoms with Crippen LogP contribution < -0.4 is 19.9 Å². The molecule has 1 N–H and O–H groups in total. The van der Waals surface area contributed by atoms with Crippen LogP contribution in [-0.4, -0.2) is 62.6 Å². The van der Waals surface area contributed by atoms with E-state index in [0.29, 0.717) is 43.3 Å². The number of nitrogens with zero attached hydrogens (tertiary/aromatic N) is 2. The summed E-state index contributed by atoms with van der Waals surface area (Å²) < 4.78 is 16.5. The van der Waals surface area contributed by atoms with E-state index in [1.165, 1.54) is 18.2 Å². The zero-order valence-electron chi connectivity index (χ0n) is 17.6. The average Bonchev–Trinajstić information content (AvgIpc) is 3.12. The highest BCUT2D eigenvalue weighted by Crippen LogP contribution is 2.33. The fourth-order valence-corrected chi connectivity index (χ4v) is 3.47. The summed E-state index contributed by atoms with van der Waals surface area (Å²) in [5.41, 5.74) is 3.51. The molecule has 0 unspecified atom stereocenters. The van der Waals surface area contributed by atoms with Gasteiger partial charge in [0.1, 0.15) is 5.57 Å². The number of carbonyl (C=O) groups excluding carboxylic acids is 3. The fourth-order valence-electron chi connectivity index (χ4n) is 3.47. The molecule has 2 aliphatic rings. The highest BCUT2D eigenvalue weighted by atomic mass is 16.5. The Kier molecular flexibility index (Phi) is 6.37. The number of morpholine rings is 1. The van der Waals surface area contributed by atoms with Crippen LogP contribution in [-0.2, 0) is 19.1 Å². The summed E-state index contributed by atoms with van der Waals surface area (Å²) in [6, 6.07) is 13.9. The van der Waals surface area contributed by atoms with Crippen molar-refractivity contribution in [2.45, 2.75) is 0 Å². The number of rotatable bonds is 6. The van der Waals surface area contributed by atoms with Gasteiger partial charge in [-0.2, -0.15) is 0 Å². The minimum Gasteiger partial charge on any atom is -0.493 e. The second-order valence-corrected chi connectivity index (χ2v) is 7.14. The molecule has 2 heterocycles. The number of carbonyl (C=O) groups is 3. The Morgan fingerprint density at radius 2 is 1.84 bits per heavy atom. The Morgan fingerprint density at radius 1 is 1.09 bits per heavy atom. The second-order valence-electron chi connectivity index (χ2n) is 7.14. The third kappa shape index (κ3) is 4.42. The maximum atomic E-state index is 12.9. The maximum absolute atomic E-state index is 12.9. The van der Waals surface area contributed by atoms with Crippen molar-refractivity contribution in [3.8, 4) is 11.5 Å². The lowest BCUT2D eigenvalue weighted by Gasteiger charge is -2.27. The first-order valence-electron chi connectivity index (χ1n) is 10.2.